The topological polar surface area (TPSA) is 71.1 Å². The average Bonchev–Trinajstić information content (AvgIpc) is 3.30. The van der Waals surface area contributed by atoms with Crippen LogP contribution in [-0.4, -0.2) is 55.7 Å². The van der Waals surface area contributed by atoms with Gasteiger partial charge in [0.1, 0.15) is 0 Å². The molecule has 7 nitrogen and oxygen atoms in total. The van der Waals surface area contributed by atoms with Gasteiger partial charge in [0.2, 0.25) is 18.6 Å². The van der Waals surface area contributed by atoms with Crippen molar-refractivity contribution >= 4 is 17.5 Å². The van der Waals surface area contributed by atoms with Gasteiger partial charge in [0, 0.05) is 37.3 Å². The summed E-state index contributed by atoms with van der Waals surface area (Å²) in [5, 5.41) is 3.09. The summed E-state index contributed by atoms with van der Waals surface area (Å²) in [7, 11) is 0. The van der Waals surface area contributed by atoms with Crippen molar-refractivity contribution in [3.05, 3.63) is 18.2 Å². The molecule has 2 amide bonds. The fourth-order valence-corrected chi connectivity index (χ4v) is 4.01. The van der Waals surface area contributed by atoms with E-state index in [1.54, 1.807) is 17.0 Å². The molecule has 1 saturated heterocycles. The van der Waals surface area contributed by atoms with Crippen LogP contribution in [0.2, 0.25) is 0 Å². The van der Waals surface area contributed by atoms with E-state index in [4.69, 9.17) is 9.47 Å². The highest BCUT2D eigenvalue weighted by molar-refractivity contribution is 6.00. The van der Waals surface area contributed by atoms with E-state index in [9.17, 15) is 9.59 Å². The van der Waals surface area contributed by atoms with Crippen LogP contribution in [0.15, 0.2) is 18.2 Å². The quantitative estimate of drug-likeness (QED) is 0.738. The molecule has 0 aliphatic carbocycles. The zero-order chi connectivity index (χ0) is 20.3. The van der Waals surface area contributed by atoms with Crippen LogP contribution in [0, 0.1) is 11.8 Å². The van der Waals surface area contributed by atoms with Crippen LogP contribution in [0.3, 0.4) is 0 Å². The van der Waals surface area contributed by atoms with E-state index in [1.807, 2.05) is 6.07 Å². The lowest BCUT2D eigenvalue weighted by atomic mass is 10.0. The van der Waals surface area contributed by atoms with Gasteiger partial charge in [0.25, 0.3) is 0 Å². The van der Waals surface area contributed by atoms with Gasteiger partial charge in [-0.15, -0.1) is 0 Å². The number of benzene rings is 1. The van der Waals surface area contributed by atoms with Crippen LogP contribution in [0.4, 0.5) is 5.69 Å². The van der Waals surface area contributed by atoms with Crippen molar-refractivity contribution in [3.8, 4) is 11.5 Å². The lowest BCUT2D eigenvalue weighted by Gasteiger charge is -2.33. The molecule has 0 aromatic heterocycles. The summed E-state index contributed by atoms with van der Waals surface area (Å²) >= 11 is 0. The van der Waals surface area contributed by atoms with E-state index in [2.05, 4.69) is 37.9 Å². The molecule has 2 heterocycles. The Kier molecular flexibility index (Phi) is 6.44. The van der Waals surface area contributed by atoms with E-state index in [0.717, 1.165) is 18.8 Å². The molecule has 1 aromatic rings. The Balaban J connectivity index is 1.60. The number of hydrogen-bond donors (Lipinski definition) is 1. The number of amides is 2. The standard InChI is InChI=1S/C21H31N3O4/c1-5-23(6-2)17(14(3)4)11-22-21(26)15-9-20(25)24(12-15)16-7-8-18-19(10-16)28-13-27-18/h7-8,10,14-15,17H,5-6,9,11-13H2,1-4H3,(H,22,26)/t15-,17+/m1/s1. The minimum absolute atomic E-state index is 0.0387. The number of carbonyl (C=O) groups is 2. The fraction of sp³-hybridized carbons (Fsp3) is 0.619. The maximum Gasteiger partial charge on any atom is 0.231 e. The monoisotopic (exact) mass is 389 g/mol. The third-order valence-corrected chi connectivity index (χ3v) is 5.70. The van der Waals surface area contributed by atoms with Gasteiger partial charge in [0.05, 0.1) is 5.92 Å². The van der Waals surface area contributed by atoms with Gasteiger partial charge in [-0.05, 0) is 31.1 Å². The van der Waals surface area contributed by atoms with Crippen molar-refractivity contribution in [2.24, 2.45) is 11.8 Å². The first kappa shape index (κ1) is 20.5. The molecule has 154 valence electrons. The highest BCUT2D eigenvalue weighted by Gasteiger charge is 2.36. The average molecular weight is 389 g/mol. The molecule has 2 atom stereocenters. The van der Waals surface area contributed by atoms with Crippen molar-refractivity contribution in [2.45, 2.75) is 40.2 Å². The molecule has 28 heavy (non-hydrogen) atoms. The lowest BCUT2D eigenvalue weighted by Crippen LogP contribution is -2.48. The Hall–Kier alpha value is -2.28. The van der Waals surface area contributed by atoms with Gasteiger partial charge in [-0.1, -0.05) is 27.7 Å². The molecule has 1 N–H and O–H groups in total. The molecule has 3 rings (SSSR count). The molecule has 2 aliphatic heterocycles. The van der Waals surface area contributed by atoms with Crippen molar-refractivity contribution in [1.29, 1.82) is 0 Å². The third kappa shape index (κ3) is 4.24. The minimum atomic E-state index is -0.331. The third-order valence-electron chi connectivity index (χ3n) is 5.70. The van der Waals surface area contributed by atoms with Gasteiger partial charge in [-0.3, -0.25) is 14.5 Å². The summed E-state index contributed by atoms with van der Waals surface area (Å²) in [6.07, 6.45) is 0.234. The normalized spacial score (nSPS) is 19.6. The predicted molar refractivity (Wildman–Crippen MR) is 108 cm³/mol. The highest BCUT2D eigenvalue weighted by atomic mass is 16.7. The number of likely N-dealkylation sites (N-methyl/N-ethyl adjacent to an activating group) is 1. The Bertz CT molecular complexity index is 718. The lowest BCUT2D eigenvalue weighted by molar-refractivity contribution is -0.126. The zero-order valence-electron chi connectivity index (χ0n) is 17.2. The molecular weight excluding hydrogens is 358 g/mol. The number of hydrogen-bond acceptors (Lipinski definition) is 5. The predicted octanol–water partition coefficient (Wildman–Crippen LogP) is 2.25. The van der Waals surface area contributed by atoms with Crippen LogP contribution >= 0.6 is 0 Å². The Labute approximate surface area is 167 Å². The van der Waals surface area contributed by atoms with Gasteiger partial charge >= 0.3 is 0 Å². The van der Waals surface area contributed by atoms with Gasteiger partial charge in [0.15, 0.2) is 11.5 Å². The van der Waals surface area contributed by atoms with Crippen molar-refractivity contribution in [2.75, 3.05) is 37.9 Å². The van der Waals surface area contributed by atoms with Crippen LogP contribution in [0.25, 0.3) is 0 Å². The number of nitrogens with zero attached hydrogens (tertiary/aromatic N) is 2. The van der Waals surface area contributed by atoms with E-state index in [1.165, 1.54) is 0 Å². The molecule has 1 fully saturated rings. The molecule has 0 bridgehead atoms. The van der Waals surface area contributed by atoms with Gasteiger partial charge < -0.3 is 19.7 Å². The zero-order valence-corrected chi connectivity index (χ0v) is 17.2. The number of rotatable bonds is 8. The molecule has 0 radical (unpaired) electrons. The largest absolute Gasteiger partial charge is 0.454 e. The smallest absolute Gasteiger partial charge is 0.231 e. The van der Waals surface area contributed by atoms with Crippen molar-refractivity contribution in [1.82, 2.24) is 10.2 Å². The maximum atomic E-state index is 12.7. The summed E-state index contributed by atoms with van der Waals surface area (Å²) in [6.45, 7) is 11.7. The van der Waals surface area contributed by atoms with Crippen LogP contribution in [-0.2, 0) is 9.59 Å². The van der Waals surface area contributed by atoms with Crippen molar-refractivity contribution < 1.29 is 19.1 Å². The summed E-state index contributed by atoms with van der Waals surface area (Å²) in [5.41, 5.74) is 0.743. The number of fused-ring (bicyclic) bond motifs is 1. The highest BCUT2D eigenvalue weighted by Crippen LogP contribution is 2.37. The molecule has 0 spiro atoms. The first-order valence-corrected chi connectivity index (χ1v) is 10.2. The van der Waals surface area contributed by atoms with Crippen LogP contribution in [0.1, 0.15) is 34.1 Å². The molecule has 2 aliphatic rings. The SMILES string of the molecule is CCN(CC)[C@@H](CNC(=O)[C@@H]1CC(=O)N(c2ccc3c(c2)OCO3)C1)C(C)C. The Morgan fingerprint density at radius 1 is 1.25 bits per heavy atom. The minimum Gasteiger partial charge on any atom is -0.454 e. The van der Waals surface area contributed by atoms with Crippen LogP contribution in [0.5, 0.6) is 11.5 Å². The van der Waals surface area contributed by atoms with Crippen molar-refractivity contribution in [3.63, 3.8) is 0 Å². The molecule has 7 heteroatoms. The van der Waals surface area contributed by atoms with E-state index < -0.39 is 0 Å². The van der Waals surface area contributed by atoms with E-state index >= 15 is 0 Å². The Morgan fingerprint density at radius 2 is 1.96 bits per heavy atom. The molecule has 0 saturated carbocycles. The maximum absolute atomic E-state index is 12.7. The number of nitrogens with one attached hydrogen (secondary N) is 1. The number of ether oxygens (including phenoxy) is 2. The summed E-state index contributed by atoms with van der Waals surface area (Å²) in [6, 6.07) is 5.73. The van der Waals surface area contributed by atoms with Gasteiger partial charge in [-0.2, -0.15) is 0 Å². The van der Waals surface area contributed by atoms with Gasteiger partial charge in [-0.25, -0.2) is 0 Å². The Morgan fingerprint density at radius 3 is 2.64 bits per heavy atom. The fourth-order valence-electron chi connectivity index (χ4n) is 4.01. The van der Waals surface area contributed by atoms with E-state index in [-0.39, 0.29) is 30.9 Å². The first-order chi connectivity index (χ1) is 13.4. The number of carbonyl (C=O) groups excluding carboxylic acids is 2. The van der Waals surface area contributed by atoms with Crippen LogP contribution < -0.4 is 19.7 Å². The molecular formula is C21H31N3O4. The van der Waals surface area contributed by atoms with E-state index in [0.29, 0.717) is 36.5 Å². The molecule has 0 unspecified atom stereocenters. The number of anilines is 1. The first-order valence-electron chi connectivity index (χ1n) is 10.2. The summed E-state index contributed by atoms with van der Waals surface area (Å²) < 4.78 is 10.7. The summed E-state index contributed by atoms with van der Waals surface area (Å²) in [4.78, 5) is 29.3. The second kappa shape index (κ2) is 8.82. The second-order valence-electron chi connectivity index (χ2n) is 7.72. The molecule has 1 aromatic carbocycles. The summed E-state index contributed by atoms with van der Waals surface area (Å²) in [5.74, 6) is 1.34. The second-order valence-corrected chi connectivity index (χ2v) is 7.72.